The molecule has 0 aliphatic heterocycles. The molecule has 0 unspecified atom stereocenters. The number of benzene rings is 1. The number of carbonyl (C=O) groups excluding carboxylic acids is 2. The van der Waals surface area contributed by atoms with Gasteiger partial charge in [0.25, 0.3) is 0 Å². The summed E-state index contributed by atoms with van der Waals surface area (Å²) in [6, 6.07) is 9.12. The van der Waals surface area contributed by atoms with Gasteiger partial charge in [-0.1, -0.05) is 44.2 Å². The Labute approximate surface area is 90.3 Å². The number of Topliss-reactive ketones (excluding diaryl/α,β-unsaturated/α-hetero) is 2. The number of ketones is 2. The fourth-order valence-corrected chi connectivity index (χ4v) is 1.47. The third-order valence-electron chi connectivity index (χ3n) is 2.43. The van der Waals surface area contributed by atoms with Crippen molar-refractivity contribution in [3.05, 3.63) is 35.9 Å². The first-order valence-corrected chi connectivity index (χ1v) is 5.26. The zero-order valence-electron chi connectivity index (χ0n) is 9.19. The van der Waals surface area contributed by atoms with E-state index in [2.05, 4.69) is 0 Å². The summed E-state index contributed by atoms with van der Waals surface area (Å²) in [5, 5.41) is 0. The van der Waals surface area contributed by atoms with Crippen LogP contribution in [0.4, 0.5) is 0 Å². The predicted octanol–water partition coefficient (Wildman–Crippen LogP) is 2.87. The maximum Gasteiger partial charge on any atom is 0.166 e. The zero-order valence-corrected chi connectivity index (χ0v) is 9.19. The summed E-state index contributed by atoms with van der Waals surface area (Å²) in [4.78, 5) is 23.0. The molecule has 0 aromatic heterocycles. The molecule has 2 nitrogen and oxygen atoms in total. The molecular weight excluding hydrogens is 188 g/mol. The highest BCUT2D eigenvalue weighted by Gasteiger charge is 2.17. The van der Waals surface area contributed by atoms with Crippen LogP contribution in [0, 0.1) is 5.92 Å². The van der Waals surface area contributed by atoms with Crippen molar-refractivity contribution in [2.45, 2.75) is 26.7 Å². The first kappa shape index (κ1) is 11.6. The van der Waals surface area contributed by atoms with E-state index in [4.69, 9.17) is 0 Å². The SMILES string of the molecule is CCC(=O)C[C@H](C)C(=O)c1ccccc1. The van der Waals surface area contributed by atoms with Gasteiger partial charge in [-0.2, -0.15) is 0 Å². The highest BCUT2D eigenvalue weighted by Crippen LogP contribution is 2.12. The quantitative estimate of drug-likeness (QED) is 0.691. The molecule has 80 valence electrons. The minimum atomic E-state index is -0.208. The molecule has 0 radical (unpaired) electrons. The van der Waals surface area contributed by atoms with E-state index in [0.29, 0.717) is 18.4 Å². The summed E-state index contributed by atoms with van der Waals surface area (Å²) in [6.07, 6.45) is 0.858. The molecule has 15 heavy (non-hydrogen) atoms. The third kappa shape index (κ3) is 3.31. The first-order chi connectivity index (χ1) is 7.15. The molecule has 0 heterocycles. The Morgan fingerprint density at radius 3 is 2.33 bits per heavy atom. The van der Waals surface area contributed by atoms with Crippen LogP contribution in [0.1, 0.15) is 37.0 Å². The largest absolute Gasteiger partial charge is 0.300 e. The molecule has 0 amide bonds. The van der Waals surface area contributed by atoms with Crippen molar-refractivity contribution in [2.24, 2.45) is 5.92 Å². The number of hydrogen-bond donors (Lipinski definition) is 0. The maximum absolute atomic E-state index is 11.8. The lowest BCUT2D eigenvalue weighted by Crippen LogP contribution is -2.15. The minimum absolute atomic E-state index is 0.0531. The lowest BCUT2D eigenvalue weighted by Gasteiger charge is -2.08. The van der Waals surface area contributed by atoms with Crippen molar-refractivity contribution in [2.75, 3.05) is 0 Å². The van der Waals surface area contributed by atoms with Crippen LogP contribution < -0.4 is 0 Å². The molecule has 0 aliphatic rings. The molecule has 1 aromatic rings. The molecule has 1 aromatic carbocycles. The van der Waals surface area contributed by atoms with Crippen molar-refractivity contribution in [3.8, 4) is 0 Å². The second-order valence-electron chi connectivity index (χ2n) is 3.73. The Morgan fingerprint density at radius 1 is 1.20 bits per heavy atom. The van der Waals surface area contributed by atoms with Crippen LogP contribution in [0.25, 0.3) is 0 Å². The molecule has 0 aliphatic carbocycles. The highest BCUT2D eigenvalue weighted by atomic mass is 16.1. The van der Waals surface area contributed by atoms with Gasteiger partial charge in [0.1, 0.15) is 5.78 Å². The number of carbonyl (C=O) groups is 2. The van der Waals surface area contributed by atoms with Gasteiger partial charge in [0, 0.05) is 24.3 Å². The minimum Gasteiger partial charge on any atom is -0.300 e. The van der Waals surface area contributed by atoms with E-state index in [0.717, 1.165) is 0 Å². The van der Waals surface area contributed by atoms with Crippen LogP contribution in [0.15, 0.2) is 30.3 Å². The van der Waals surface area contributed by atoms with Crippen molar-refractivity contribution in [1.29, 1.82) is 0 Å². The first-order valence-electron chi connectivity index (χ1n) is 5.26. The molecular formula is C13H16O2. The average molecular weight is 204 g/mol. The summed E-state index contributed by atoms with van der Waals surface area (Å²) in [6.45, 7) is 3.63. The van der Waals surface area contributed by atoms with Crippen LogP contribution in [0.5, 0.6) is 0 Å². The topological polar surface area (TPSA) is 34.1 Å². The molecule has 0 spiro atoms. The summed E-state index contributed by atoms with van der Waals surface area (Å²) in [5.41, 5.74) is 0.689. The molecule has 0 N–H and O–H groups in total. The Morgan fingerprint density at radius 2 is 1.80 bits per heavy atom. The summed E-state index contributed by atoms with van der Waals surface area (Å²) in [7, 11) is 0. The van der Waals surface area contributed by atoms with Gasteiger partial charge < -0.3 is 0 Å². The Balaban J connectivity index is 2.65. The lowest BCUT2D eigenvalue weighted by molar-refractivity contribution is -0.119. The molecule has 0 saturated heterocycles. The predicted molar refractivity (Wildman–Crippen MR) is 59.9 cm³/mol. The van der Waals surface area contributed by atoms with Gasteiger partial charge in [-0.3, -0.25) is 9.59 Å². The summed E-state index contributed by atoms with van der Waals surface area (Å²) >= 11 is 0. The van der Waals surface area contributed by atoms with Crippen LogP contribution in [0.3, 0.4) is 0 Å². The monoisotopic (exact) mass is 204 g/mol. The maximum atomic E-state index is 11.8. The van der Waals surface area contributed by atoms with E-state index in [1.807, 2.05) is 32.0 Å². The van der Waals surface area contributed by atoms with E-state index in [9.17, 15) is 9.59 Å². The molecule has 1 atom stereocenters. The Kier molecular flexibility index (Phi) is 4.22. The van der Waals surface area contributed by atoms with Gasteiger partial charge in [-0.25, -0.2) is 0 Å². The second-order valence-corrected chi connectivity index (χ2v) is 3.73. The molecule has 0 fully saturated rings. The zero-order chi connectivity index (χ0) is 11.3. The fraction of sp³-hybridized carbons (Fsp3) is 0.385. The van der Waals surface area contributed by atoms with E-state index < -0.39 is 0 Å². The fourth-order valence-electron chi connectivity index (χ4n) is 1.47. The standard InChI is InChI=1S/C13H16O2/c1-3-12(14)9-10(2)13(15)11-7-5-4-6-8-11/h4-8,10H,3,9H2,1-2H3/t10-/m0/s1. The van der Waals surface area contributed by atoms with Crippen molar-refractivity contribution >= 4 is 11.6 Å². The van der Waals surface area contributed by atoms with Crippen LogP contribution in [-0.2, 0) is 4.79 Å². The van der Waals surface area contributed by atoms with Crippen LogP contribution in [-0.4, -0.2) is 11.6 Å². The second kappa shape index (κ2) is 5.44. The molecule has 1 rings (SSSR count). The average Bonchev–Trinajstić information content (AvgIpc) is 2.29. The van der Waals surface area contributed by atoms with Gasteiger partial charge in [0.05, 0.1) is 0 Å². The van der Waals surface area contributed by atoms with Crippen LogP contribution >= 0.6 is 0 Å². The van der Waals surface area contributed by atoms with Gasteiger partial charge in [0.2, 0.25) is 0 Å². The van der Waals surface area contributed by atoms with E-state index in [1.165, 1.54) is 0 Å². The highest BCUT2D eigenvalue weighted by molar-refractivity contribution is 5.99. The van der Waals surface area contributed by atoms with Gasteiger partial charge >= 0.3 is 0 Å². The number of rotatable bonds is 5. The van der Waals surface area contributed by atoms with Gasteiger partial charge in [0.15, 0.2) is 5.78 Å². The van der Waals surface area contributed by atoms with E-state index >= 15 is 0 Å². The molecule has 2 heteroatoms. The molecule has 0 saturated carbocycles. The summed E-state index contributed by atoms with van der Waals surface area (Å²) in [5.74, 6) is -0.0102. The van der Waals surface area contributed by atoms with Crippen molar-refractivity contribution in [3.63, 3.8) is 0 Å². The van der Waals surface area contributed by atoms with Gasteiger partial charge in [-0.15, -0.1) is 0 Å². The number of hydrogen-bond acceptors (Lipinski definition) is 2. The molecule has 0 bridgehead atoms. The van der Waals surface area contributed by atoms with Crippen molar-refractivity contribution < 1.29 is 9.59 Å². The van der Waals surface area contributed by atoms with Crippen molar-refractivity contribution in [1.82, 2.24) is 0 Å². The van der Waals surface area contributed by atoms with Crippen LogP contribution in [0.2, 0.25) is 0 Å². The smallest absolute Gasteiger partial charge is 0.166 e. The third-order valence-corrected chi connectivity index (χ3v) is 2.43. The normalized spacial score (nSPS) is 12.1. The Hall–Kier alpha value is -1.44. The van der Waals surface area contributed by atoms with E-state index in [1.54, 1.807) is 12.1 Å². The van der Waals surface area contributed by atoms with E-state index in [-0.39, 0.29) is 17.5 Å². The summed E-state index contributed by atoms with van der Waals surface area (Å²) < 4.78 is 0. The Bertz CT molecular complexity index is 341. The lowest BCUT2D eigenvalue weighted by atomic mass is 9.94. The van der Waals surface area contributed by atoms with Gasteiger partial charge in [-0.05, 0) is 0 Å².